The highest BCUT2D eigenvalue weighted by atomic mass is 16.5. The summed E-state index contributed by atoms with van der Waals surface area (Å²) in [5.41, 5.74) is 5.43. The summed E-state index contributed by atoms with van der Waals surface area (Å²) in [7, 11) is 0. The first-order chi connectivity index (χ1) is 17.1. The van der Waals surface area contributed by atoms with E-state index in [9.17, 15) is 4.79 Å². The van der Waals surface area contributed by atoms with Gasteiger partial charge >= 0.3 is 0 Å². The Morgan fingerprint density at radius 1 is 1.17 bits per heavy atom. The van der Waals surface area contributed by atoms with Crippen LogP contribution in [-0.4, -0.2) is 34.4 Å². The van der Waals surface area contributed by atoms with Gasteiger partial charge in [0.25, 0.3) is 0 Å². The van der Waals surface area contributed by atoms with Gasteiger partial charge in [-0.05, 0) is 59.8 Å². The third-order valence-electron chi connectivity index (χ3n) is 6.10. The summed E-state index contributed by atoms with van der Waals surface area (Å²) in [6.07, 6.45) is 15.2. The molecule has 0 spiro atoms. The Balaban J connectivity index is 1.27. The first kappa shape index (κ1) is 24.5. The van der Waals surface area contributed by atoms with Gasteiger partial charge in [-0.15, -0.1) is 0 Å². The minimum Gasteiger partial charge on any atom is -0.489 e. The lowest BCUT2D eigenvalue weighted by Crippen LogP contribution is -2.15. The molecular weight excluding hydrogens is 438 g/mol. The second-order valence-electron chi connectivity index (χ2n) is 8.91. The standard InChI is InChI=1S/C29H31N3O3/c1-21-7-10-27(11-12-29(21)24-13-14-31-32-19-24)35-20-23-5-2-4-22(16-23)8-9-26(33)17-25(30)18-28-6-3-15-34-28/h2,4-5,7,10-14,16,19,28,30H,1,3,6,8-9,15,17-18,20H2/t28-/m0/s1. The van der Waals surface area contributed by atoms with E-state index in [4.69, 9.17) is 14.9 Å². The Bertz CT molecular complexity index is 1160. The molecule has 6 nitrogen and oxygen atoms in total. The Kier molecular flexibility index (Phi) is 8.52. The molecule has 0 radical (unpaired) electrons. The molecule has 1 aromatic heterocycles. The van der Waals surface area contributed by atoms with Crippen molar-refractivity contribution in [2.45, 2.75) is 51.2 Å². The number of hydrogen-bond acceptors (Lipinski definition) is 6. The van der Waals surface area contributed by atoms with E-state index in [2.05, 4.69) is 22.8 Å². The van der Waals surface area contributed by atoms with Crippen molar-refractivity contribution in [2.75, 3.05) is 6.61 Å². The van der Waals surface area contributed by atoms with Gasteiger partial charge in [-0.25, -0.2) is 0 Å². The Morgan fingerprint density at radius 3 is 2.86 bits per heavy atom. The Labute approximate surface area is 206 Å². The molecule has 1 saturated heterocycles. The zero-order valence-electron chi connectivity index (χ0n) is 19.9. The van der Waals surface area contributed by atoms with Gasteiger partial charge < -0.3 is 14.9 Å². The minimum absolute atomic E-state index is 0.107. The maximum Gasteiger partial charge on any atom is 0.138 e. The van der Waals surface area contributed by atoms with E-state index in [1.54, 1.807) is 12.4 Å². The molecule has 1 aliphatic heterocycles. The number of ketones is 1. The zero-order valence-corrected chi connectivity index (χ0v) is 19.9. The molecule has 1 atom stereocenters. The third kappa shape index (κ3) is 7.42. The van der Waals surface area contributed by atoms with E-state index < -0.39 is 0 Å². The van der Waals surface area contributed by atoms with Gasteiger partial charge in [-0.2, -0.15) is 10.2 Å². The minimum atomic E-state index is 0.107. The highest BCUT2D eigenvalue weighted by Gasteiger charge is 2.18. The summed E-state index contributed by atoms with van der Waals surface area (Å²) in [6.45, 7) is 5.34. The molecule has 6 heteroatoms. The molecule has 0 amide bonds. The lowest BCUT2D eigenvalue weighted by molar-refractivity contribution is -0.117. The third-order valence-corrected chi connectivity index (χ3v) is 6.10. The SMILES string of the molecule is C=C1C=CC(OCc2cccc(CCC(=O)CC(=N)C[C@@H]3CCCO3)c2)=CC=C1c1ccnnc1. The predicted molar refractivity (Wildman–Crippen MR) is 137 cm³/mol. The zero-order chi connectivity index (χ0) is 24.5. The van der Waals surface area contributed by atoms with E-state index in [-0.39, 0.29) is 18.3 Å². The molecule has 2 aliphatic rings. The maximum absolute atomic E-state index is 12.4. The van der Waals surface area contributed by atoms with Crippen LogP contribution in [0.5, 0.6) is 0 Å². The number of hydrogen-bond donors (Lipinski definition) is 1. The van der Waals surface area contributed by atoms with Gasteiger partial charge in [0.15, 0.2) is 0 Å². The summed E-state index contributed by atoms with van der Waals surface area (Å²) in [5.74, 6) is 0.851. The monoisotopic (exact) mass is 469 g/mol. The Morgan fingerprint density at radius 2 is 2.06 bits per heavy atom. The van der Waals surface area contributed by atoms with Gasteiger partial charge in [0.2, 0.25) is 0 Å². The second kappa shape index (κ2) is 12.2. The first-order valence-electron chi connectivity index (χ1n) is 12.0. The van der Waals surface area contributed by atoms with Crippen LogP contribution in [0, 0.1) is 5.41 Å². The number of benzene rings is 1. The summed E-state index contributed by atoms with van der Waals surface area (Å²) in [4.78, 5) is 12.4. The first-order valence-corrected chi connectivity index (χ1v) is 12.0. The van der Waals surface area contributed by atoms with Crippen LogP contribution < -0.4 is 0 Å². The highest BCUT2D eigenvalue weighted by Crippen LogP contribution is 2.25. The summed E-state index contributed by atoms with van der Waals surface area (Å²) < 4.78 is 11.6. The van der Waals surface area contributed by atoms with Gasteiger partial charge in [-0.3, -0.25) is 4.79 Å². The molecular formula is C29H31N3O3. The van der Waals surface area contributed by atoms with E-state index >= 15 is 0 Å². The molecule has 0 saturated carbocycles. The van der Waals surface area contributed by atoms with E-state index in [0.29, 0.717) is 31.6 Å². The number of carbonyl (C=O) groups is 1. The van der Waals surface area contributed by atoms with Gasteiger partial charge in [-0.1, -0.05) is 43.0 Å². The number of Topliss-reactive ketones (excluding diaryl/α,β-unsaturated/α-hetero) is 1. The van der Waals surface area contributed by atoms with Crippen LogP contribution >= 0.6 is 0 Å². The lowest BCUT2D eigenvalue weighted by atomic mass is 10.0. The number of aryl methyl sites for hydroxylation is 1. The molecule has 1 fully saturated rings. The highest BCUT2D eigenvalue weighted by molar-refractivity contribution is 6.00. The summed E-state index contributed by atoms with van der Waals surface area (Å²) in [5, 5.41) is 15.9. The molecule has 0 bridgehead atoms. The van der Waals surface area contributed by atoms with Gasteiger partial charge in [0.05, 0.1) is 18.5 Å². The van der Waals surface area contributed by atoms with Crippen LogP contribution in [0.25, 0.3) is 5.57 Å². The average Bonchev–Trinajstić information content (AvgIpc) is 3.30. The average molecular weight is 470 g/mol. The van der Waals surface area contributed by atoms with Crippen molar-refractivity contribution in [3.05, 3.63) is 102 Å². The summed E-state index contributed by atoms with van der Waals surface area (Å²) >= 11 is 0. The van der Waals surface area contributed by atoms with Crippen molar-refractivity contribution >= 4 is 17.1 Å². The smallest absolute Gasteiger partial charge is 0.138 e. The van der Waals surface area contributed by atoms with Crippen LogP contribution in [0.3, 0.4) is 0 Å². The molecule has 35 heavy (non-hydrogen) atoms. The van der Waals surface area contributed by atoms with Crippen molar-refractivity contribution in [1.29, 1.82) is 5.41 Å². The van der Waals surface area contributed by atoms with Crippen molar-refractivity contribution < 1.29 is 14.3 Å². The van der Waals surface area contributed by atoms with E-state index in [0.717, 1.165) is 53.0 Å². The number of nitrogens with zero attached hydrogens (tertiary/aromatic N) is 2. The van der Waals surface area contributed by atoms with Crippen molar-refractivity contribution in [3.63, 3.8) is 0 Å². The topological polar surface area (TPSA) is 85.2 Å². The molecule has 1 aromatic carbocycles. The number of nitrogens with one attached hydrogen (secondary N) is 1. The number of aromatic nitrogens is 2. The van der Waals surface area contributed by atoms with Gasteiger partial charge in [0.1, 0.15) is 18.1 Å². The number of ether oxygens (including phenoxy) is 2. The van der Waals surface area contributed by atoms with E-state index in [1.807, 2.05) is 48.6 Å². The second-order valence-corrected chi connectivity index (χ2v) is 8.91. The van der Waals surface area contributed by atoms with Crippen LogP contribution in [0.15, 0.2) is 84.9 Å². The fourth-order valence-electron chi connectivity index (χ4n) is 4.23. The Hall–Kier alpha value is -3.64. The fourth-order valence-corrected chi connectivity index (χ4v) is 4.23. The number of allylic oxidation sites excluding steroid dienone is 6. The number of rotatable bonds is 11. The lowest BCUT2D eigenvalue weighted by Gasteiger charge is -2.10. The predicted octanol–water partition coefficient (Wildman–Crippen LogP) is 5.57. The molecule has 0 unspecified atom stereocenters. The van der Waals surface area contributed by atoms with Crippen LogP contribution in [-0.2, 0) is 27.3 Å². The molecule has 1 aliphatic carbocycles. The van der Waals surface area contributed by atoms with Gasteiger partial charge in [0, 0.05) is 37.1 Å². The van der Waals surface area contributed by atoms with Crippen molar-refractivity contribution in [3.8, 4) is 0 Å². The molecule has 180 valence electrons. The molecule has 2 aromatic rings. The largest absolute Gasteiger partial charge is 0.489 e. The molecule has 1 N–H and O–H groups in total. The van der Waals surface area contributed by atoms with Crippen LogP contribution in [0.2, 0.25) is 0 Å². The fraction of sp³-hybridized carbons (Fsp3) is 0.310. The summed E-state index contributed by atoms with van der Waals surface area (Å²) in [6, 6.07) is 10.0. The molecule has 4 rings (SSSR count). The molecule has 2 heterocycles. The van der Waals surface area contributed by atoms with Crippen molar-refractivity contribution in [2.24, 2.45) is 0 Å². The number of carbonyl (C=O) groups excluding carboxylic acids is 1. The normalized spacial score (nSPS) is 17.5. The quantitative estimate of drug-likeness (QED) is 0.435. The maximum atomic E-state index is 12.4. The van der Waals surface area contributed by atoms with Crippen molar-refractivity contribution in [1.82, 2.24) is 10.2 Å². The van der Waals surface area contributed by atoms with Crippen LogP contribution in [0.1, 0.15) is 48.8 Å². The van der Waals surface area contributed by atoms with E-state index in [1.165, 1.54) is 0 Å². The van der Waals surface area contributed by atoms with Crippen LogP contribution in [0.4, 0.5) is 0 Å².